The summed E-state index contributed by atoms with van der Waals surface area (Å²) < 4.78 is 0. The van der Waals surface area contributed by atoms with Crippen LogP contribution in [0.25, 0.3) is 10.2 Å². The second-order valence-corrected chi connectivity index (χ2v) is 9.01. The second-order valence-electron chi connectivity index (χ2n) is 6.96. The van der Waals surface area contributed by atoms with Gasteiger partial charge in [-0.3, -0.25) is 9.59 Å². The highest BCUT2D eigenvalue weighted by Crippen LogP contribution is 2.40. The van der Waals surface area contributed by atoms with E-state index in [2.05, 4.69) is 22.2 Å². The fourth-order valence-electron chi connectivity index (χ4n) is 3.48. The maximum Gasteiger partial charge on any atom is 0.250 e. The minimum atomic E-state index is -0.569. The first-order chi connectivity index (χ1) is 13.5. The molecular formula is C20H20N4O2S2. The van der Waals surface area contributed by atoms with E-state index in [4.69, 9.17) is 5.73 Å². The molecule has 8 heteroatoms. The van der Waals surface area contributed by atoms with E-state index in [1.807, 2.05) is 0 Å². The highest BCUT2D eigenvalue weighted by molar-refractivity contribution is 8.00. The van der Waals surface area contributed by atoms with Crippen LogP contribution < -0.4 is 11.1 Å². The maximum atomic E-state index is 12.4. The lowest BCUT2D eigenvalue weighted by Gasteiger charge is -2.18. The number of primary amides is 1. The van der Waals surface area contributed by atoms with Crippen LogP contribution in [0.2, 0.25) is 0 Å². The molecule has 6 nitrogen and oxygen atoms in total. The molecule has 1 aliphatic rings. The minimum Gasteiger partial charge on any atom is -0.366 e. The van der Waals surface area contributed by atoms with E-state index in [1.54, 1.807) is 41.9 Å². The predicted molar refractivity (Wildman–Crippen MR) is 113 cm³/mol. The van der Waals surface area contributed by atoms with Gasteiger partial charge in [0.05, 0.1) is 17.0 Å². The van der Waals surface area contributed by atoms with Crippen LogP contribution in [0.4, 0.5) is 5.69 Å². The third-order valence-corrected chi connectivity index (χ3v) is 7.02. The number of amides is 2. The maximum absolute atomic E-state index is 12.4. The number of nitrogens with two attached hydrogens (primary N) is 1. The molecule has 0 radical (unpaired) electrons. The number of nitrogens with one attached hydrogen (secondary N) is 1. The first kappa shape index (κ1) is 18.9. The zero-order chi connectivity index (χ0) is 19.7. The van der Waals surface area contributed by atoms with Crippen LogP contribution in [0.1, 0.15) is 34.1 Å². The first-order valence-corrected chi connectivity index (χ1v) is 10.9. The number of anilines is 1. The Morgan fingerprint density at radius 3 is 2.96 bits per heavy atom. The van der Waals surface area contributed by atoms with Crippen molar-refractivity contribution in [1.82, 2.24) is 9.97 Å². The summed E-state index contributed by atoms with van der Waals surface area (Å²) in [5.41, 5.74) is 7.44. The molecule has 0 bridgehead atoms. The van der Waals surface area contributed by atoms with Gasteiger partial charge >= 0.3 is 0 Å². The average molecular weight is 413 g/mol. The standard InChI is InChI=1S/C20H20N4O2S2/c1-11-6-7-13-15(8-11)28-20-17(13)19(22-10-23-20)27-9-16(25)24-14-5-3-2-4-12(14)18(21)26/h2-5,10-11H,6-9H2,1H3,(H2,21,26)(H,24,25). The minimum absolute atomic E-state index is 0.195. The van der Waals surface area contributed by atoms with Gasteiger partial charge in [0, 0.05) is 10.3 Å². The number of thiophene rings is 1. The number of rotatable bonds is 5. The Balaban J connectivity index is 1.52. The molecule has 2 amide bonds. The van der Waals surface area contributed by atoms with E-state index in [9.17, 15) is 9.59 Å². The number of benzene rings is 1. The Kier molecular flexibility index (Phi) is 5.32. The molecular weight excluding hydrogens is 392 g/mol. The summed E-state index contributed by atoms with van der Waals surface area (Å²) in [6, 6.07) is 6.73. The number of hydrogen-bond donors (Lipinski definition) is 2. The molecule has 2 heterocycles. The number of fused-ring (bicyclic) bond motifs is 3. The lowest BCUT2D eigenvalue weighted by molar-refractivity contribution is -0.113. The van der Waals surface area contributed by atoms with Crippen molar-refractivity contribution in [2.75, 3.05) is 11.1 Å². The normalized spacial score (nSPS) is 16.0. The Bertz CT molecular complexity index is 1060. The van der Waals surface area contributed by atoms with Gasteiger partial charge in [-0.05, 0) is 42.9 Å². The van der Waals surface area contributed by atoms with Crippen LogP contribution in [0.15, 0.2) is 35.6 Å². The van der Waals surface area contributed by atoms with Crippen LogP contribution >= 0.6 is 23.1 Å². The fourth-order valence-corrected chi connectivity index (χ4v) is 5.72. The monoisotopic (exact) mass is 412 g/mol. The Hall–Kier alpha value is -2.45. The molecule has 1 atom stereocenters. The third-order valence-electron chi connectivity index (χ3n) is 4.86. The number of aromatic nitrogens is 2. The van der Waals surface area contributed by atoms with Crippen molar-refractivity contribution in [1.29, 1.82) is 0 Å². The van der Waals surface area contributed by atoms with E-state index in [1.165, 1.54) is 28.6 Å². The number of hydrogen-bond acceptors (Lipinski definition) is 6. The van der Waals surface area contributed by atoms with Crippen LogP contribution in [-0.4, -0.2) is 27.5 Å². The molecule has 2 aromatic heterocycles. The molecule has 3 N–H and O–H groups in total. The molecule has 1 aliphatic carbocycles. The Labute approximate surface area is 170 Å². The smallest absolute Gasteiger partial charge is 0.250 e. The first-order valence-electron chi connectivity index (χ1n) is 9.09. The molecule has 0 saturated heterocycles. The third kappa shape index (κ3) is 3.74. The molecule has 28 heavy (non-hydrogen) atoms. The molecule has 3 aromatic rings. The van der Waals surface area contributed by atoms with Gasteiger partial charge in [-0.25, -0.2) is 9.97 Å². The number of thioether (sulfide) groups is 1. The van der Waals surface area contributed by atoms with Crippen molar-refractivity contribution in [3.8, 4) is 0 Å². The summed E-state index contributed by atoms with van der Waals surface area (Å²) in [6.45, 7) is 2.28. The van der Waals surface area contributed by atoms with E-state index < -0.39 is 5.91 Å². The number of carbonyl (C=O) groups is 2. The molecule has 0 saturated carbocycles. The van der Waals surface area contributed by atoms with Crippen LogP contribution in [0.3, 0.4) is 0 Å². The molecule has 0 fully saturated rings. The van der Waals surface area contributed by atoms with Gasteiger partial charge in [-0.1, -0.05) is 30.8 Å². The summed E-state index contributed by atoms with van der Waals surface area (Å²) in [6.07, 6.45) is 4.86. The van der Waals surface area contributed by atoms with Gasteiger partial charge < -0.3 is 11.1 Å². The van der Waals surface area contributed by atoms with Gasteiger partial charge in [0.1, 0.15) is 16.2 Å². The number of nitrogens with zero attached hydrogens (tertiary/aromatic N) is 2. The molecule has 144 valence electrons. The SMILES string of the molecule is CC1CCc2c(sc3ncnc(SCC(=O)Nc4ccccc4C(N)=O)c23)C1. The van der Waals surface area contributed by atoms with Gasteiger partial charge in [0.15, 0.2) is 0 Å². The largest absolute Gasteiger partial charge is 0.366 e. The highest BCUT2D eigenvalue weighted by atomic mass is 32.2. The molecule has 0 aliphatic heterocycles. The van der Waals surface area contributed by atoms with Crippen molar-refractivity contribution < 1.29 is 9.59 Å². The van der Waals surface area contributed by atoms with Crippen molar-refractivity contribution in [3.05, 3.63) is 46.6 Å². The second kappa shape index (κ2) is 7.89. The Morgan fingerprint density at radius 1 is 1.32 bits per heavy atom. The van der Waals surface area contributed by atoms with Gasteiger partial charge in [0.25, 0.3) is 5.91 Å². The van der Waals surface area contributed by atoms with Crippen LogP contribution in [0.5, 0.6) is 0 Å². The van der Waals surface area contributed by atoms with Crippen LogP contribution in [0, 0.1) is 5.92 Å². The topological polar surface area (TPSA) is 98.0 Å². The van der Waals surface area contributed by atoms with Crippen LogP contribution in [-0.2, 0) is 17.6 Å². The summed E-state index contributed by atoms with van der Waals surface area (Å²) in [7, 11) is 0. The zero-order valence-electron chi connectivity index (χ0n) is 15.4. The molecule has 1 aromatic carbocycles. The van der Waals surface area contributed by atoms with E-state index in [-0.39, 0.29) is 11.7 Å². The zero-order valence-corrected chi connectivity index (χ0v) is 17.0. The Morgan fingerprint density at radius 2 is 2.14 bits per heavy atom. The van der Waals surface area contributed by atoms with E-state index in [0.29, 0.717) is 17.2 Å². The molecule has 0 spiro atoms. The molecule has 1 unspecified atom stereocenters. The summed E-state index contributed by atoms with van der Waals surface area (Å²) in [5, 5.41) is 4.72. The summed E-state index contributed by atoms with van der Waals surface area (Å²) in [4.78, 5) is 35.2. The van der Waals surface area contributed by atoms with Gasteiger partial charge in [-0.2, -0.15) is 0 Å². The average Bonchev–Trinajstić information content (AvgIpc) is 3.04. The number of aryl methyl sites for hydroxylation is 1. The highest BCUT2D eigenvalue weighted by Gasteiger charge is 2.23. The van der Waals surface area contributed by atoms with Crippen molar-refractivity contribution in [3.63, 3.8) is 0 Å². The van der Waals surface area contributed by atoms with Crippen molar-refractivity contribution in [2.45, 2.75) is 31.2 Å². The molecule has 4 rings (SSSR count). The predicted octanol–water partition coefficient (Wildman–Crippen LogP) is 3.65. The lowest BCUT2D eigenvalue weighted by Crippen LogP contribution is -2.19. The lowest BCUT2D eigenvalue weighted by atomic mass is 9.89. The summed E-state index contributed by atoms with van der Waals surface area (Å²) >= 11 is 3.14. The summed E-state index contributed by atoms with van der Waals surface area (Å²) in [5.74, 6) is 0.115. The van der Waals surface area contributed by atoms with Gasteiger partial charge in [-0.15, -0.1) is 11.3 Å². The number of carbonyl (C=O) groups excluding carboxylic acids is 2. The van der Waals surface area contributed by atoms with Crippen molar-refractivity contribution >= 4 is 50.8 Å². The number of para-hydroxylation sites is 1. The van der Waals surface area contributed by atoms with E-state index >= 15 is 0 Å². The van der Waals surface area contributed by atoms with E-state index in [0.717, 1.165) is 28.1 Å². The quantitative estimate of drug-likeness (QED) is 0.492. The fraction of sp³-hybridized carbons (Fsp3) is 0.300. The van der Waals surface area contributed by atoms with Gasteiger partial charge in [0.2, 0.25) is 5.91 Å². The van der Waals surface area contributed by atoms with Crippen molar-refractivity contribution in [2.24, 2.45) is 11.7 Å².